The molecule has 0 saturated heterocycles. The number of rotatable bonds is 4. The summed E-state index contributed by atoms with van der Waals surface area (Å²) < 4.78 is 4.94. The fourth-order valence-corrected chi connectivity index (χ4v) is 3.93. The molecule has 0 aromatic heterocycles. The lowest BCUT2D eigenvalue weighted by atomic mass is 9.93. The number of anilines is 1. The van der Waals surface area contributed by atoms with Gasteiger partial charge in [0.15, 0.2) is 0 Å². The first-order valence-corrected chi connectivity index (χ1v) is 9.66. The van der Waals surface area contributed by atoms with Gasteiger partial charge in [-0.1, -0.05) is 42.5 Å². The molecule has 2 aromatic carbocycles. The van der Waals surface area contributed by atoms with Gasteiger partial charge in [0.2, 0.25) is 5.91 Å². The van der Waals surface area contributed by atoms with Crippen molar-refractivity contribution >= 4 is 29.2 Å². The second-order valence-electron chi connectivity index (χ2n) is 7.29. The van der Waals surface area contributed by atoms with Gasteiger partial charge < -0.3 is 15.4 Å². The van der Waals surface area contributed by atoms with Crippen LogP contribution < -0.4 is 10.7 Å². The van der Waals surface area contributed by atoms with Crippen LogP contribution in [0.3, 0.4) is 0 Å². The van der Waals surface area contributed by atoms with E-state index >= 15 is 0 Å². The van der Waals surface area contributed by atoms with Crippen molar-refractivity contribution in [1.29, 1.82) is 0 Å². The van der Waals surface area contributed by atoms with Crippen molar-refractivity contribution in [3.63, 3.8) is 0 Å². The first-order chi connectivity index (χ1) is 14.5. The van der Waals surface area contributed by atoms with Gasteiger partial charge in [0.25, 0.3) is 5.91 Å². The first-order valence-electron chi connectivity index (χ1n) is 9.66. The van der Waals surface area contributed by atoms with Crippen LogP contribution >= 0.6 is 0 Å². The fourth-order valence-electron chi connectivity index (χ4n) is 3.93. The van der Waals surface area contributed by atoms with E-state index in [-0.39, 0.29) is 18.7 Å². The first kappa shape index (κ1) is 19.6. The van der Waals surface area contributed by atoms with Crippen molar-refractivity contribution in [2.45, 2.75) is 31.5 Å². The van der Waals surface area contributed by atoms with E-state index in [1.807, 2.05) is 42.5 Å². The van der Waals surface area contributed by atoms with E-state index in [2.05, 4.69) is 5.10 Å². The molecular formula is C22H22N4O4. The molecule has 2 atom stereocenters. The predicted octanol–water partition coefficient (Wildman–Crippen LogP) is 1.23. The summed E-state index contributed by atoms with van der Waals surface area (Å²) in [5.74, 6) is -1.45. The summed E-state index contributed by atoms with van der Waals surface area (Å²) in [6.07, 6.45) is 0.443. The van der Waals surface area contributed by atoms with Crippen molar-refractivity contribution in [1.82, 2.24) is 4.90 Å². The lowest BCUT2D eigenvalue weighted by Gasteiger charge is -2.35. The number of hydrogen-bond acceptors (Lipinski definition) is 6. The Morgan fingerprint density at radius 3 is 2.30 bits per heavy atom. The van der Waals surface area contributed by atoms with Crippen LogP contribution in [0.5, 0.6) is 0 Å². The maximum Gasteiger partial charge on any atom is 0.328 e. The van der Waals surface area contributed by atoms with Gasteiger partial charge in [-0.15, -0.1) is 0 Å². The number of para-hydroxylation sites is 1. The Hall–Kier alpha value is -3.68. The van der Waals surface area contributed by atoms with Crippen LogP contribution in [0.2, 0.25) is 0 Å². The number of nitrogens with two attached hydrogens (primary N) is 1. The molecule has 2 aliphatic heterocycles. The molecule has 2 amide bonds. The van der Waals surface area contributed by atoms with Crippen LogP contribution in [0.4, 0.5) is 5.69 Å². The van der Waals surface area contributed by atoms with Crippen molar-refractivity contribution in [2.75, 3.05) is 12.1 Å². The number of hydrogen-bond donors (Lipinski definition) is 1. The number of fused-ring (bicyclic) bond motifs is 1. The van der Waals surface area contributed by atoms with E-state index in [0.29, 0.717) is 12.1 Å². The molecule has 8 heteroatoms. The molecule has 8 nitrogen and oxygen atoms in total. The SMILES string of the molecule is COC(=O)[C@H]1Cc2ccccc2CN1C(=O)C1=NN(c2ccccc2)[C@H](C(N)=O)C1. The minimum absolute atomic E-state index is 0.0785. The molecular weight excluding hydrogens is 384 g/mol. The second-order valence-corrected chi connectivity index (χ2v) is 7.29. The van der Waals surface area contributed by atoms with E-state index in [9.17, 15) is 14.4 Å². The van der Waals surface area contributed by atoms with Crippen LogP contribution in [-0.4, -0.2) is 47.6 Å². The molecule has 30 heavy (non-hydrogen) atoms. The van der Waals surface area contributed by atoms with Gasteiger partial charge in [-0.2, -0.15) is 5.10 Å². The lowest BCUT2D eigenvalue weighted by Crippen LogP contribution is -2.51. The van der Waals surface area contributed by atoms with Crippen LogP contribution in [0.1, 0.15) is 17.5 Å². The topological polar surface area (TPSA) is 105 Å². The molecule has 2 heterocycles. The van der Waals surface area contributed by atoms with Gasteiger partial charge in [-0.05, 0) is 23.3 Å². The quantitative estimate of drug-likeness (QED) is 0.769. The number of ether oxygens (including phenoxy) is 1. The summed E-state index contributed by atoms with van der Waals surface area (Å²) >= 11 is 0. The monoisotopic (exact) mass is 406 g/mol. The van der Waals surface area contributed by atoms with Gasteiger partial charge in [0.1, 0.15) is 17.8 Å². The highest BCUT2D eigenvalue weighted by Crippen LogP contribution is 2.28. The van der Waals surface area contributed by atoms with Gasteiger partial charge in [0, 0.05) is 19.4 Å². The summed E-state index contributed by atoms with van der Waals surface area (Å²) in [5.41, 5.74) is 8.40. The Morgan fingerprint density at radius 1 is 0.967 bits per heavy atom. The summed E-state index contributed by atoms with van der Waals surface area (Å²) in [5, 5.41) is 5.89. The highest BCUT2D eigenvalue weighted by atomic mass is 16.5. The largest absolute Gasteiger partial charge is 0.467 e. The highest BCUT2D eigenvalue weighted by molar-refractivity contribution is 6.40. The number of carbonyl (C=O) groups excluding carboxylic acids is 3. The Balaban J connectivity index is 1.66. The van der Waals surface area contributed by atoms with Crippen LogP contribution in [0.15, 0.2) is 59.7 Å². The highest BCUT2D eigenvalue weighted by Gasteiger charge is 2.41. The number of primary amides is 1. The minimum Gasteiger partial charge on any atom is -0.467 e. The van der Waals surface area contributed by atoms with E-state index in [1.54, 1.807) is 12.1 Å². The number of nitrogens with zero attached hydrogens (tertiary/aromatic N) is 3. The van der Waals surface area contributed by atoms with Gasteiger partial charge >= 0.3 is 5.97 Å². The van der Waals surface area contributed by atoms with Gasteiger partial charge in [-0.25, -0.2) is 4.79 Å². The average Bonchev–Trinajstić information content (AvgIpc) is 3.23. The van der Waals surface area contributed by atoms with Crippen LogP contribution in [-0.2, 0) is 32.1 Å². The van der Waals surface area contributed by atoms with Gasteiger partial charge in [-0.3, -0.25) is 14.6 Å². The van der Waals surface area contributed by atoms with E-state index < -0.39 is 29.9 Å². The number of hydrazone groups is 1. The third kappa shape index (κ3) is 3.52. The van der Waals surface area contributed by atoms with Gasteiger partial charge in [0.05, 0.1) is 12.8 Å². The normalized spacial score (nSPS) is 20.4. The summed E-state index contributed by atoms with van der Waals surface area (Å²) in [6, 6.07) is 15.2. The zero-order valence-electron chi connectivity index (χ0n) is 16.5. The molecule has 0 saturated carbocycles. The van der Waals surface area contributed by atoms with Crippen molar-refractivity contribution in [3.05, 3.63) is 65.7 Å². The van der Waals surface area contributed by atoms with Crippen molar-refractivity contribution < 1.29 is 19.1 Å². The molecule has 0 unspecified atom stereocenters. The van der Waals surface area contributed by atoms with E-state index in [4.69, 9.17) is 10.5 Å². The maximum absolute atomic E-state index is 13.4. The maximum atomic E-state index is 13.4. The standard InChI is InChI=1S/C22H22N4O4/c1-30-22(29)19-11-14-7-5-6-8-15(14)13-25(19)21(28)17-12-18(20(23)27)26(24-17)16-9-3-2-4-10-16/h2-10,18-19H,11-13H2,1H3,(H2,23,27)/t18-,19+/m0/s1. The smallest absolute Gasteiger partial charge is 0.328 e. The second kappa shape index (κ2) is 7.98. The van der Waals surface area contributed by atoms with Crippen molar-refractivity contribution in [3.8, 4) is 0 Å². The Kier molecular flexibility index (Phi) is 5.22. The molecule has 0 spiro atoms. The molecule has 154 valence electrons. The number of methoxy groups -OCH3 is 1. The number of amides is 2. The molecule has 4 rings (SSSR count). The third-order valence-corrected chi connectivity index (χ3v) is 5.49. The Bertz CT molecular complexity index is 1020. The number of benzene rings is 2. The molecule has 0 aliphatic carbocycles. The minimum atomic E-state index is -0.764. The number of esters is 1. The molecule has 2 aromatic rings. The van der Waals surface area contributed by atoms with Crippen LogP contribution in [0.25, 0.3) is 0 Å². The van der Waals surface area contributed by atoms with E-state index in [0.717, 1.165) is 11.1 Å². The van der Waals surface area contributed by atoms with Crippen LogP contribution in [0, 0.1) is 0 Å². The summed E-state index contributed by atoms with van der Waals surface area (Å²) in [4.78, 5) is 39.3. The lowest BCUT2D eigenvalue weighted by molar-refractivity contribution is -0.151. The Labute approximate surface area is 173 Å². The predicted molar refractivity (Wildman–Crippen MR) is 110 cm³/mol. The molecule has 0 bridgehead atoms. The molecule has 0 fully saturated rings. The zero-order valence-corrected chi connectivity index (χ0v) is 16.5. The van der Waals surface area contributed by atoms with Crippen molar-refractivity contribution in [2.24, 2.45) is 10.8 Å². The zero-order chi connectivity index (χ0) is 21.3. The molecule has 2 N–H and O–H groups in total. The molecule has 2 aliphatic rings. The number of carbonyl (C=O) groups is 3. The average molecular weight is 406 g/mol. The summed E-state index contributed by atoms with van der Waals surface area (Å²) in [6.45, 7) is 0.264. The summed E-state index contributed by atoms with van der Waals surface area (Å²) in [7, 11) is 1.30. The van der Waals surface area contributed by atoms with E-state index in [1.165, 1.54) is 17.0 Å². The fraction of sp³-hybridized carbons (Fsp3) is 0.273. The molecule has 0 radical (unpaired) electrons. The third-order valence-electron chi connectivity index (χ3n) is 5.49. The Morgan fingerprint density at radius 2 is 1.63 bits per heavy atom.